The maximum absolute atomic E-state index is 11.7. The van der Waals surface area contributed by atoms with E-state index in [1.165, 1.54) is 11.8 Å². The van der Waals surface area contributed by atoms with Gasteiger partial charge in [-0.25, -0.2) is 9.89 Å². The Morgan fingerprint density at radius 1 is 1.38 bits per heavy atom. The summed E-state index contributed by atoms with van der Waals surface area (Å²) in [6.07, 6.45) is 0.868. The Morgan fingerprint density at radius 3 is 3.00 bits per heavy atom. The molecule has 8 heteroatoms. The molecule has 0 atom stereocenters. The van der Waals surface area contributed by atoms with Crippen LogP contribution >= 0.6 is 11.8 Å². The van der Waals surface area contributed by atoms with Gasteiger partial charge in [-0.2, -0.15) is 0 Å². The molecule has 0 aliphatic rings. The predicted molar refractivity (Wildman–Crippen MR) is 91.2 cm³/mol. The first-order chi connectivity index (χ1) is 11.7. The van der Waals surface area contributed by atoms with Gasteiger partial charge in [-0.1, -0.05) is 36.0 Å². The van der Waals surface area contributed by atoms with E-state index in [2.05, 4.69) is 15.4 Å². The van der Waals surface area contributed by atoms with Crippen LogP contribution in [0, 0.1) is 0 Å². The lowest BCUT2D eigenvalue weighted by molar-refractivity contribution is 0.395. The second-order valence-corrected chi connectivity index (χ2v) is 6.07. The number of para-hydroxylation sites is 1. The Labute approximate surface area is 143 Å². The Balaban J connectivity index is 1.74. The van der Waals surface area contributed by atoms with Gasteiger partial charge < -0.3 is 9.26 Å². The molecule has 7 nitrogen and oxygen atoms in total. The zero-order valence-electron chi connectivity index (χ0n) is 13.5. The lowest BCUT2D eigenvalue weighted by atomic mass is 10.1. The van der Waals surface area contributed by atoms with Gasteiger partial charge in [0, 0.05) is 18.2 Å². The highest BCUT2D eigenvalue weighted by molar-refractivity contribution is 7.98. The number of hydrogen-bond acceptors (Lipinski definition) is 6. The maximum Gasteiger partial charge on any atom is 0.343 e. The molecule has 2 aromatic heterocycles. The van der Waals surface area contributed by atoms with Crippen LogP contribution in [0.2, 0.25) is 0 Å². The molecule has 0 aliphatic heterocycles. The Kier molecular flexibility index (Phi) is 5.05. The molecule has 126 valence electrons. The van der Waals surface area contributed by atoms with E-state index in [1.807, 2.05) is 37.3 Å². The molecule has 2 heterocycles. The number of nitrogens with zero attached hydrogens (tertiary/aromatic N) is 3. The van der Waals surface area contributed by atoms with Crippen molar-refractivity contribution in [3.63, 3.8) is 0 Å². The molecule has 3 aromatic rings. The molecule has 0 unspecified atom stereocenters. The summed E-state index contributed by atoms with van der Waals surface area (Å²) >= 11 is 1.44. The van der Waals surface area contributed by atoms with Crippen molar-refractivity contribution in [2.45, 2.75) is 30.8 Å². The summed E-state index contributed by atoms with van der Waals surface area (Å²) in [5, 5.41) is 11.3. The second kappa shape index (κ2) is 7.39. The van der Waals surface area contributed by atoms with Gasteiger partial charge in [0.25, 0.3) is 0 Å². The van der Waals surface area contributed by atoms with E-state index in [1.54, 1.807) is 11.7 Å². The minimum Gasteiger partial charge on any atom is -0.496 e. The van der Waals surface area contributed by atoms with Gasteiger partial charge in [-0.15, -0.1) is 5.10 Å². The Morgan fingerprint density at radius 2 is 2.21 bits per heavy atom. The van der Waals surface area contributed by atoms with Crippen molar-refractivity contribution in [3.05, 3.63) is 46.6 Å². The van der Waals surface area contributed by atoms with Crippen LogP contribution in [0.4, 0.5) is 0 Å². The quantitative estimate of drug-likeness (QED) is 0.662. The smallest absolute Gasteiger partial charge is 0.343 e. The van der Waals surface area contributed by atoms with Crippen molar-refractivity contribution in [2.75, 3.05) is 7.11 Å². The topological polar surface area (TPSA) is 85.9 Å². The van der Waals surface area contributed by atoms with Crippen LogP contribution in [0.15, 0.2) is 44.8 Å². The highest BCUT2D eigenvalue weighted by Crippen LogP contribution is 2.30. The lowest BCUT2D eigenvalue weighted by Gasteiger charge is -2.03. The molecule has 0 bridgehead atoms. The van der Waals surface area contributed by atoms with Crippen LogP contribution in [-0.4, -0.2) is 27.0 Å². The average molecular weight is 346 g/mol. The van der Waals surface area contributed by atoms with Crippen molar-refractivity contribution in [3.8, 4) is 17.0 Å². The molecule has 0 radical (unpaired) electrons. The van der Waals surface area contributed by atoms with E-state index in [-0.39, 0.29) is 5.69 Å². The van der Waals surface area contributed by atoms with Crippen LogP contribution < -0.4 is 10.4 Å². The summed E-state index contributed by atoms with van der Waals surface area (Å²) in [7, 11) is 1.63. The van der Waals surface area contributed by atoms with E-state index >= 15 is 0 Å². The van der Waals surface area contributed by atoms with Crippen LogP contribution in [0.1, 0.15) is 19.1 Å². The molecular formula is C16H18N4O3S. The Bertz CT molecular complexity index is 868. The molecule has 0 spiro atoms. The summed E-state index contributed by atoms with van der Waals surface area (Å²) in [6, 6.07) is 9.52. The molecule has 0 fully saturated rings. The van der Waals surface area contributed by atoms with Crippen molar-refractivity contribution in [1.82, 2.24) is 19.9 Å². The summed E-state index contributed by atoms with van der Waals surface area (Å²) < 4.78 is 12.4. The van der Waals surface area contributed by atoms with E-state index in [0.717, 1.165) is 23.4 Å². The molecule has 1 aromatic carbocycles. The number of rotatable bonds is 7. The summed E-state index contributed by atoms with van der Waals surface area (Å²) in [4.78, 5) is 11.7. The molecule has 1 N–H and O–H groups in total. The number of methoxy groups -OCH3 is 1. The first kappa shape index (κ1) is 16.4. The number of aromatic nitrogens is 4. The molecule has 24 heavy (non-hydrogen) atoms. The van der Waals surface area contributed by atoms with Crippen molar-refractivity contribution >= 4 is 11.8 Å². The standard InChI is InChI=1S/C16H18N4O3S/c1-3-8-20-15(21)17-18-16(20)24-10-11-9-13(19-23-11)12-6-4-5-7-14(12)22-2/h4-7,9H,3,8,10H2,1-2H3,(H,17,21). The van der Waals surface area contributed by atoms with Gasteiger partial charge in [0.05, 0.1) is 12.9 Å². The molecular weight excluding hydrogens is 328 g/mol. The molecule has 0 saturated carbocycles. The number of H-pyrrole nitrogens is 1. The highest BCUT2D eigenvalue weighted by Gasteiger charge is 2.13. The van der Waals surface area contributed by atoms with E-state index < -0.39 is 0 Å². The van der Waals surface area contributed by atoms with Crippen LogP contribution in [-0.2, 0) is 12.3 Å². The number of thioether (sulfide) groups is 1. The highest BCUT2D eigenvalue weighted by atomic mass is 32.2. The molecule has 0 aliphatic carbocycles. The van der Waals surface area contributed by atoms with Crippen LogP contribution in [0.25, 0.3) is 11.3 Å². The van der Waals surface area contributed by atoms with Gasteiger partial charge in [0.15, 0.2) is 5.16 Å². The van der Waals surface area contributed by atoms with E-state index in [9.17, 15) is 4.79 Å². The SMILES string of the molecule is CCCn1c(SCc2cc(-c3ccccc3OC)no2)n[nH]c1=O. The minimum absolute atomic E-state index is 0.188. The van der Waals surface area contributed by atoms with Gasteiger partial charge >= 0.3 is 5.69 Å². The third-order valence-corrected chi connectivity index (χ3v) is 4.45. The summed E-state index contributed by atoms with van der Waals surface area (Å²) in [6.45, 7) is 2.66. The number of aromatic amines is 1. The second-order valence-electron chi connectivity index (χ2n) is 5.13. The molecule has 0 amide bonds. The van der Waals surface area contributed by atoms with E-state index in [0.29, 0.717) is 23.2 Å². The average Bonchev–Trinajstić information content (AvgIpc) is 3.21. The van der Waals surface area contributed by atoms with E-state index in [4.69, 9.17) is 9.26 Å². The predicted octanol–water partition coefficient (Wildman–Crippen LogP) is 2.94. The fourth-order valence-corrected chi connectivity index (χ4v) is 3.18. The first-order valence-corrected chi connectivity index (χ1v) is 8.58. The number of nitrogens with one attached hydrogen (secondary N) is 1. The van der Waals surface area contributed by atoms with Crippen LogP contribution in [0.3, 0.4) is 0 Å². The third-order valence-electron chi connectivity index (χ3n) is 3.46. The van der Waals surface area contributed by atoms with Gasteiger partial charge in [0.2, 0.25) is 0 Å². The zero-order chi connectivity index (χ0) is 16.9. The van der Waals surface area contributed by atoms with Gasteiger partial charge in [-0.05, 0) is 18.6 Å². The molecule has 3 rings (SSSR count). The summed E-state index contributed by atoms with van der Waals surface area (Å²) in [5.41, 5.74) is 1.41. The van der Waals surface area contributed by atoms with Gasteiger partial charge in [0.1, 0.15) is 17.2 Å². The fraction of sp³-hybridized carbons (Fsp3) is 0.312. The van der Waals surface area contributed by atoms with Crippen LogP contribution in [0.5, 0.6) is 5.75 Å². The molecule has 0 saturated heterocycles. The lowest BCUT2D eigenvalue weighted by Crippen LogP contribution is -2.17. The number of hydrogen-bond donors (Lipinski definition) is 1. The zero-order valence-corrected chi connectivity index (χ0v) is 14.3. The first-order valence-electron chi connectivity index (χ1n) is 7.60. The minimum atomic E-state index is -0.188. The number of benzene rings is 1. The largest absolute Gasteiger partial charge is 0.496 e. The van der Waals surface area contributed by atoms with Crippen molar-refractivity contribution in [1.29, 1.82) is 0 Å². The maximum atomic E-state index is 11.7. The number of ether oxygens (including phenoxy) is 1. The van der Waals surface area contributed by atoms with Crippen molar-refractivity contribution in [2.24, 2.45) is 0 Å². The normalized spacial score (nSPS) is 10.9. The van der Waals surface area contributed by atoms with Gasteiger partial charge in [-0.3, -0.25) is 4.57 Å². The third kappa shape index (κ3) is 3.38. The fourth-order valence-electron chi connectivity index (χ4n) is 2.33. The Hall–Kier alpha value is -2.48. The summed E-state index contributed by atoms with van der Waals surface area (Å²) in [5.74, 6) is 1.99. The van der Waals surface area contributed by atoms with Crippen molar-refractivity contribution < 1.29 is 9.26 Å². The monoisotopic (exact) mass is 346 g/mol.